The van der Waals surface area contributed by atoms with Gasteiger partial charge in [-0.15, -0.1) is 0 Å². The number of alkyl halides is 3. The lowest BCUT2D eigenvalue weighted by molar-refractivity contribution is -0.133. The van der Waals surface area contributed by atoms with Crippen LogP contribution in [0.3, 0.4) is 0 Å². The monoisotopic (exact) mass is 601 g/mol. The van der Waals surface area contributed by atoms with Crippen molar-refractivity contribution < 1.29 is 23.1 Å². The van der Waals surface area contributed by atoms with Gasteiger partial charge in [0.05, 0.1) is 43.3 Å². The molecule has 3 atom stereocenters. The Morgan fingerprint density at radius 2 is 1.98 bits per heavy atom. The zero-order valence-electron chi connectivity index (χ0n) is 24.5. The van der Waals surface area contributed by atoms with E-state index in [1.807, 2.05) is 59.2 Å². The van der Waals surface area contributed by atoms with Crippen LogP contribution in [0, 0.1) is 0 Å². The predicted octanol–water partition coefficient (Wildman–Crippen LogP) is 2.92. The molecule has 11 nitrogen and oxygen atoms in total. The lowest BCUT2D eigenvalue weighted by atomic mass is 9.99. The van der Waals surface area contributed by atoms with E-state index in [1.165, 1.54) is 0 Å². The van der Waals surface area contributed by atoms with E-state index in [-0.39, 0.29) is 17.9 Å². The van der Waals surface area contributed by atoms with Gasteiger partial charge in [0.15, 0.2) is 0 Å². The van der Waals surface area contributed by atoms with E-state index in [9.17, 15) is 23.1 Å². The van der Waals surface area contributed by atoms with Crippen LogP contribution < -0.4 is 10.6 Å². The minimum Gasteiger partial charge on any atom is -0.379 e. The number of rotatable bonds is 10. The maximum atomic E-state index is 12.5. The average molecular weight is 602 g/mol. The summed E-state index contributed by atoms with van der Waals surface area (Å²) >= 11 is 0. The molecule has 1 aromatic carbocycles. The van der Waals surface area contributed by atoms with Gasteiger partial charge in [0.1, 0.15) is 12.1 Å². The van der Waals surface area contributed by atoms with Crippen molar-refractivity contribution in [1.82, 2.24) is 34.6 Å². The lowest BCUT2D eigenvalue weighted by Crippen LogP contribution is -2.45. The van der Waals surface area contributed by atoms with Crippen molar-refractivity contribution >= 4 is 17.8 Å². The number of amides is 1. The molecule has 2 aliphatic heterocycles. The van der Waals surface area contributed by atoms with E-state index in [0.29, 0.717) is 18.7 Å². The van der Waals surface area contributed by atoms with Crippen molar-refractivity contribution in [2.45, 2.75) is 56.6 Å². The van der Waals surface area contributed by atoms with Crippen LogP contribution in [0.2, 0.25) is 0 Å². The minimum atomic E-state index is -4.41. The molecule has 0 saturated carbocycles. The molecular weight excluding hydrogens is 563 g/mol. The molecule has 1 amide bonds. The number of anilines is 1. The predicted molar refractivity (Wildman–Crippen MR) is 157 cm³/mol. The summed E-state index contributed by atoms with van der Waals surface area (Å²) in [5.74, 6) is 0.991. The molecule has 2 aromatic heterocycles. The summed E-state index contributed by atoms with van der Waals surface area (Å²) < 4.78 is 41.3. The second kappa shape index (κ2) is 12.9. The number of aliphatic hydroxyl groups is 1. The highest BCUT2D eigenvalue weighted by atomic mass is 19.4. The number of carbonyl (C=O) groups excluding carboxylic acids is 1. The number of hydrogen-bond acceptors (Lipinski definition) is 8. The van der Waals surface area contributed by atoms with E-state index < -0.39 is 25.0 Å². The number of imidazole rings is 1. The fourth-order valence-electron chi connectivity index (χ4n) is 5.45. The topological polar surface area (TPSA) is 116 Å². The van der Waals surface area contributed by atoms with Crippen LogP contribution in [0.4, 0.5) is 18.9 Å². The van der Waals surface area contributed by atoms with Crippen molar-refractivity contribution in [2.75, 3.05) is 45.6 Å². The Balaban J connectivity index is 1.20. The molecule has 0 spiro atoms. The molecule has 0 aliphatic carbocycles. The van der Waals surface area contributed by atoms with Gasteiger partial charge in [-0.1, -0.05) is 12.1 Å². The van der Waals surface area contributed by atoms with Crippen LogP contribution in [0.1, 0.15) is 43.1 Å². The van der Waals surface area contributed by atoms with Crippen molar-refractivity contribution in [1.29, 1.82) is 0 Å². The highest BCUT2D eigenvalue weighted by Crippen LogP contribution is 2.30. The van der Waals surface area contributed by atoms with Crippen LogP contribution in [-0.2, 0) is 11.2 Å². The number of likely N-dealkylation sites (tertiary alicyclic amines) is 1. The Morgan fingerprint density at radius 3 is 2.70 bits per heavy atom. The second-order valence-electron chi connectivity index (χ2n) is 11.5. The summed E-state index contributed by atoms with van der Waals surface area (Å²) in [6.07, 6.45) is 4.20. The molecule has 232 valence electrons. The standard InChI is InChI=1S/C29H38F3N9O2/c1-19(28(43)34-18-29(30,31)32)37-23-6-4-5-20(11-23)25-15-33-26-12-21(13-36-41(25)26)22-14-35-40(16-22)24-7-9-39(10-8-24)27(42)17-38(2)3/h4-6,11,13-16,19,21,24,28,34,37,43H,7-10,12,17-18H2,1-3H3. The smallest absolute Gasteiger partial charge is 0.379 e. The van der Waals surface area contributed by atoms with Gasteiger partial charge < -0.3 is 20.2 Å². The number of piperidine rings is 1. The summed E-state index contributed by atoms with van der Waals surface area (Å²) in [6, 6.07) is 6.94. The molecule has 4 heterocycles. The largest absolute Gasteiger partial charge is 0.401 e. The summed E-state index contributed by atoms with van der Waals surface area (Å²) in [6.45, 7) is 2.20. The number of likely N-dealkylation sites (N-methyl/N-ethyl adjacent to an activating group) is 1. The molecular formula is C29H38F3N9O2. The van der Waals surface area contributed by atoms with Crippen LogP contribution >= 0.6 is 0 Å². The molecule has 1 fully saturated rings. The van der Waals surface area contributed by atoms with Gasteiger partial charge in [0.2, 0.25) is 5.91 Å². The van der Waals surface area contributed by atoms with Crippen molar-refractivity contribution in [3.8, 4) is 11.3 Å². The Bertz CT molecular complexity index is 1430. The Morgan fingerprint density at radius 1 is 1.21 bits per heavy atom. The summed E-state index contributed by atoms with van der Waals surface area (Å²) in [4.78, 5) is 20.8. The van der Waals surface area contributed by atoms with Gasteiger partial charge in [-0.25, -0.2) is 9.66 Å². The third-order valence-electron chi connectivity index (χ3n) is 7.80. The van der Waals surface area contributed by atoms with Crippen molar-refractivity contribution in [3.63, 3.8) is 0 Å². The maximum Gasteiger partial charge on any atom is 0.401 e. The van der Waals surface area contributed by atoms with Crippen LogP contribution in [-0.4, -0.2) is 105 Å². The third kappa shape index (κ3) is 7.61. The molecule has 5 rings (SSSR count). The molecule has 3 unspecified atom stereocenters. The molecule has 43 heavy (non-hydrogen) atoms. The number of carbonyl (C=O) groups is 1. The average Bonchev–Trinajstić information content (AvgIpc) is 3.63. The summed E-state index contributed by atoms with van der Waals surface area (Å²) in [7, 11) is 3.80. The normalized spacial score (nSPS) is 19.0. The Hall–Kier alpha value is -3.75. The molecule has 3 N–H and O–H groups in total. The minimum absolute atomic E-state index is 0.0257. The number of benzene rings is 1. The highest BCUT2D eigenvalue weighted by Gasteiger charge is 2.29. The number of halogens is 3. The van der Waals surface area contributed by atoms with Crippen molar-refractivity contribution in [2.24, 2.45) is 5.10 Å². The lowest BCUT2D eigenvalue weighted by Gasteiger charge is -2.32. The molecule has 1 saturated heterocycles. The fraction of sp³-hybridized carbons (Fsp3) is 0.517. The fourth-order valence-corrected chi connectivity index (χ4v) is 5.45. The Labute approximate surface area is 248 Å². The van der Waals surface area contributed by atoms with Crippen LogP contribution in [0.5, 0.6) is 0 Å². The quantitative estimate of drug-likeness (QED) is 0.306. The molecule has 0 bridgehead atoms. The third-order valence-corrected chi connectivity index (χ3v) is 7.80. The zero-order chi connectivity index (χ0) is 30.7. The van der Waals surface area contributed by atoms with Gasteiger partial charge in [0, 0.05) is 49.1 Å². The van der Waals surface area contributed by atoms with Gasteiger partial charge in [-0.2, -0.15) is 23.4 Å². The molecule has 3 aromatic rings. The van der Waals surface area contributed by atoms with Gasteiger partial charge >= 0.3 is 6.18 Å². The number of hydrogen-bond donors (Lipinski definition) is 3. The van der Waals surface area contributed by atoms with E-state index in [4.69, 9.17) is 5.10 Å². The number of fused-ring (bicyclic) bond motifs is 1. The highest BCUT2D eigenvalue weighted by molar-refractivity contribution is 5.78. The number of nitrogens with zero attached hydrogens (tertiary/aromatic N) is 7. The SMILES string of the molecule is CC(Nc1cccc(-c2cnc3n2N=CC(c2cnn(C4CCN(C(=O)CN(C)C)CC4)c2)C3)c1)C(O)NCC(F)(F)F. The summed E-state index contributed by atoms with van der Waals surface area (Å²) in [5.41, 5.74) is 3.31. The number of nitrogens with one attached hydrogen (secondary N) is 2. The first-order valence-corrected chi connectivity index (χ1v) is 14.4. The first-order valence-electron chi connectivity index (χ1n) is 14.4. The van der Waals surface area contributed by atoms with E-state index in [0.717, 1.165) is 48.6 Å². The number of aliphatic hydroxyl groups excluding tert-OH is 1. The molecule has 2 aliphatic rings. The second-order valence-corrected chi connectivity index (χ2v) is 11.5. The van der Waals surface area contributed by atoms with E-state index in [1.54, 1.807) is 23.9 Å². The Kier molecular flexibility index (Phi) is 9.18. The number of aromatic nitrogens is 4. The van der Waals surface area contributed by atoms with E-state index in [2.05, 4.69) is 26.9 Å². The van der Waals surface area contributed by atoms with Gasteiger partial charge in [0.25, 0.3) is 0 Å². The first-order chi connectivity index (χ1) is 20.5. The first kappa shape index (κ1) is 30.7. The molecule has 14 heteroatoms. The van der Waals surface area contributed by atoms with Gasteiger partial charge in [-0.3, -0.25) is 14.8 Å². The molecule has 0 radical (unpaired) electrons. The zero-order valence-corrected chi connectivity index (χ0v) is 24.5. The van der Waals surface area contributed by atoms with Crippen LogP contribution in [0.25, 0.3) is 11.3 Å². The van der Waals surface area contributed by atoms with E-state index >= 15 is 0 Å². The summed E-state index contributed by atoms with van der Waals surface area (Å²) in [5, 5.41) is 24.6. The van der Waals surface area contributed by atoms with Gasteiger partial charge in [-0.05, 0) is 51.6 Å². The van der Waals surface area contributed by atoms with Crippen LogP contribution in [0.15, 0.2) is 48.0 Å². The maximum absolute atomic E-state index is 12.5. The van der Waals surface area contributed by atoms with Crippen molar-refractivity contribution in [3.05, 3.63) is 54.2 Å².